The molecule has 1 atom stereocenters. The summed E-state index contributed by atoms with van der Waals surface area (Å²) in [5.74, 6) is -1.36. The minimum Gasteiger partial charge on any atom is -0.427 e. The van der Waals surface area contributed by atoms with Crippen molar-refractivity contribution in [2.45, 2.75) is 38.9 Å². The third-order valence-electron chi connectivity index (χ3n) is 5.03. The lowest BCUT2D eigenvalue weighted by atomic mass is 9.95. The number of aromatic nitrogens is 1. The molecule has 1 unspecified atom stereocenters. The summed E-state index contributed by atoms with van der Waals surface area (Å²) in [7, 11) is 0. The fourth-order valence-corrected chi connectivity index (χ4v) is 4.43. The Bertz CT molecular complexity index is 1010. The van der Waals surface area contributed by atoms with Gasteiger partial charge in [0, 0.05) is 28.8 Å². The van der Waals surface area contributed by atoms with Crippen LogP contribution in [0.5, 0.6) is 0 Å². The van der Waals surface area contributed by atoms with E-state index in [1.165, 1.54) is 17.9 Å². The summed E-state index contributed by atoms with van der Waals surface area (Å²) < 4.78 is 12.8. The standard InChI is InChI=1S/C22H22BrNO3/c1-3-11-22(27-14(2)25)21-19(10-12-26-22)18-9-5-8-17(20(18)24-21)15-6-4-7-16(23)13-15/h4-9,13,24H,3,10-12H2,1-2H3. The van der Waals surface area contributed by atoms with Crippen LogP contribution in [0.2, 0.25) is 0 Å². The van der Waals surface area contributed by atoms with Crippen molar-refractivity contribution in [2.75, 3.05) is 6.61 Å². The SMILES string of the molecule is CCCC1(OC(C)=O)OCCc2c1[nH]c1c(-c3cccc(Br)c3)cccc21. The van der Waals surface area contributed by atoms with Gasteiger partial charge in [-0.25, -0.2) is 0 Å². The van der Waals surface area contributed by atoms with Gasteiger partial charge in [0.2, 0.25) is 0 Å². The zero-order chi connectivity index (χ0) is 19.0. The summed E-state index contributed by atoms with van der Waals surface area (Å²) in [6.07, 6.45) is 2.27. The van der Waals surface area contributed by atoms with Crippen molar-refractivity contribution in [1.29, 1.82) is 0 Å². The van der Waals surface area contributed by atoms with Crippen LogP contribution in [0.15, 0.2) is 46.9 Å². The molecule has 1 N–H and O–H groups in total. The zero-order valence-corrected chi connectivity index (χ0v) is 17.1. The number of benzene rings is 2. The van der Waals surface area contributed by atoms with Gasteiger partial charge in [-0.3, -0.25) is 4.79 Å². The van der Waals surface area contributed by atoms with E-state index >= 15 is 0 Å². The smallest absolute Gasteiger partial charge is 0.305 e. The van der Waals surface area contributed by atoms with Crippen LogP contribution in [0, 0.1) is 0 Å². The molecule has 0 bridgehead atoms. The largest absolute Gasteiger partial charge is 0.427 e. The molecule has 0 saturated carbocycles. The Morgan fingerprint density at radius 1 is 1.30 bits per heavy atom. The average Bonchev–Trinajstić information content (AvgIpc) is 3.02. The molecule has 4 rings (SSSR count). The molecular weight excluding hydrogens is 406 g/mol. The number of aromatic amines is 1. The number of para-hydroxylation sites is 1. The van der Waals surface area contributed by atoms with E-state index in [9.17, 15) is 4.79 Å². The molecule has 1 aliphatic rings. The van der Waals surface area contributed by atoms with E-state index in [0.29, 0.717) is 13.0 Å². The predicted octanol–water partition coefficient (Wildman–Crippen LogP) is 5.69. The maximum atomic E-state index is 11.8. The summed E-state index contributed by atoms with van der Waals surface area (Å²) in [6.45, 7) is 4.04. The first kappa shape index (κ1) is 18.3. The van der Waals surface area contributed by atoms with Crippen LogP contribution in [0.4, 0.5) is 0 Å². The molecule has 0 radical (unpaired) electrons. The van der Waals surface area contributed by atoms with E-state index in [1.54, 1.807) is 0 Å². The number of ether oxygens (including phenoxy) is 2. The summed E-state index contributed by atoms with van der Waals surface area (Å²) in [4.78, 5) is 15.4. The molecule has 1 aliphatic heterocycles. The number of carbonyl (C=O) groups is 1. The highest BCUT2D eigenvalue weighted by Crippen LogP contribution is 2.43. The van der Waals surface area contributed by atoms with Crippen molar-refractivity contribution in [1.82, 2.24) is 4.98 Å². The second-order valence-corrected chi connectivity index (χ2v) is 7.83. The van der Waals surface area contributed by atoms with Crippen LogP contribution in [0.3, 0.4) is 0 Å². The normalized spacial score (nSPS) is 19.1. The molecule has 0 spiro atoms. The van der Waals surface area contributed by atoms with Gasteiger partial charge in [0.05, 0.1) is 17.8 Å². The molecule has 5 heteroatoms. The predicted molar refractivity (Wildman–Crippen MR) is 109 cm³/mol. The highest BCUT2D eigenvalue weighted by atomic mass is 79.9. The number of esters is 1. The monoisotopic (exact) mass is 427 g/mol. The van der Waals surface area contributed by atoms with E-state index in [0.717, 1.165) is 39.7 Å². The van der Waals surface area contributed by atoms with Crippen LogP contribution in [0.1, 0.15) is 37.9 Å². The minimum atomic E-state index is -1.03. The van der Waals surface area contributed by atoms with Crippen LogP contribution in [0.25, 0.3) is 22.0 Å². The third-order valence-corrected chi connectivity index (χ3v) is 5.53. The van der Waals surface area contributed by atoms with E-state index in [-0.39, 0.29) is 5.97 Å². The Morgan fingerprint density at radius 2 is 2.11 bits per heavy atom. The molecule has 0 amide bonds. The van der Waals surface area contributed by atoms with Crippen molar-refractivity contribution < 1.29 is 14.3 Å². The van der Waals surface area contributed by atoms with E-state index in [2.05, 4.69) is 58.2 Å². The molecule has 27 heavy (non-hydrogen) atoms. The lowest BCUT2D eigenvalue weighted by Gasteiger charge is -2.36. The fraction of sp³-hybridized carbons (Fsp3) is 0.318. The molecule has 140 valence electrons. The topological polar surface area (TPSA) is 51.3 Å². The van der Waals surface area contributed by atoms with Gasteiger partial charge in [0.15, 0.2) is 0 Å². The minimum absolute atomic E-state index is 0.331. The Labute approximate surface area is 167 Å². The number of carbonyl (C=O) groups excluding carboxylic acids is 1. The van der Waals surface area contributed by atoms with Gasteiger partial charge in [-0.2, -0.15) is 0 Å². The Morgan fingerprint density at radius 3 is 2.85 bits per heavy atom. The molecule has 3 aromatic rings. The molecule has 4 nitrogen and oxygen atoms in total. The van der Waals surface area contributed by atoms with E-state index < -0.39 is 5.79 Å². The first-order chi connectivity index (χ1) is 13.0. The first-order valence-corrected chi connectivity index (χ1v) is 10.1. The number of fused-ring (bicyclic) bond motifs is 3. The highest BCUT2D eigenvalue weighted by Gasteiger charge is 2.43. The summed E-state index contributed by atoms with van der Waals surface area (Å²) >= 11 is 3.56. The molecule has 1 aromatic heterocycles. The number of halogens is 1. The van der Waals surface area contributed by atoms with Gasteiger partial charge in [0.25, 0.3) is 5.79 Å². The van der Waals surface area contributed by atoms with Crippen molar-refractivity contribution in [3.05, 3.63) is 58.2 Å². The Kier molecular flexibility index (Phi) is 4.82. The molecule has 2 heterocycles. The van der Waals surface area contributed by atoms with Crippen molar-refractivity contribution in [3.8, 4) is 11.1 Å². The van der Waals surface area contributed by atoms with Crippen LogP contribution >= 0.6 is 15.9 Å². The van der Waals surface area contributed by atoms with Crippen LogP contribution in [-0.2, 0) is 26.5 Å². The van der Waals surface area contributed by atoms with Crippen molar-refractivity contribution >= 4 is 32.8 Å². The summed E-state index contributed by atoms with van der Waals surface area (Å²) in [6, 6.07) is 14.6. The fourth-order valence-electron chi connectivity index (χ4n) is 4.04. The summed E-state index contributed by atoms with van der Waals surface area (Å²) in [5, 5.41) is 1.17. The van der Waals surface area contributed by atoms with Gasteiger partial charge in [0.1, 0.15) is 0 Å². The zero-order valence-electron chi connectivity index (χ0n) is 15.5. The molecule has 2 aromatic carbocycles. The Hall–Kier alpha value is -2.11. The molecule has 0 aliphatic carbocycles. The molecular formula is C22H22BrNO3. The van der Waals surface area contributed by atoms with Crippen molar-refractivity contribution in [2.24, 2.45) is 0 Å². The lowest BCUT2D eigenvalue weighted by molar-refractivity contribution is -0.247. The summed E-state index contributed by atoms with van der Waals surface area (Å²) in [5.41, 5.74) is 5.37. The van der Waals surface area contributed by atoms with Gasteiger partial charge in [-0.1, -0.05) is 53.2 Å². The second kappa shape index (κ2) is 7.13. The van der Waals surface area contributed by atoms with Crippen LogP contribution < -0.4 is 0 Å². The quantitative estimate of drug-likeness (QED) is 0.544. The maximum Gasteiger partial charge on any atom is 0.305 e. The molecule has 0 saturated heterocycles. The Balaban J connectivity index is 1.94. The van der Waals surface area contributed by atoms with E-state index in [1.807, 2.05) is 12.1 Å². The highest BCUT2D eigenvalue weighted by molar-refractivity contribution is 9.10. The number of H-pyrrole nitrogens is 1. The molecule has 0 fully saturated rings. The van der Waals surface area contributed by atoms with Gasteiger partial charge >= 0.3 is 5.97 Å². The maximum absolute atomic E-state index is 11.8. The van der Waals surface area contributed by atoms with Gasteiger partial charge in [-0.05, 0) is 36.1 Å². The number of hydrogen-bond donors (Lipinski definition) is 1. The number of hydrogen-bond acceptors (Lipinski definition) is 3. The van der Waals surface area contributed by atoms with Gasteiger partial charge in [-0.15, -0.1) is 0 Å². The second-order valence-electron chi connectivity index (χ2n) is 6.91. The third kappa shape index (κ3) is 3.19. The number of rotatable bonds is 4. The van der Waals surface area contributed by atoms with Crippen LogP contribution in [-0.4, -0.2) is 17.6 Å². The van der Waals surface area contributed by atoms with Crippen molar-refractivity contribution in [3.63, 3.8) is 0 Å². The number of nitrogens with one attached hydrogen (secondary N) is 1. The van der Waals surface area contributed by atoms with Gasteiger partial charge < -0.3 is 14.5 Å². The lowest BCUT2D eigenvalue weighted by Crippen LogP contribution is -2.39. The first-order valence-electron chi connectivity index (χ1n) is 9.27. The van der Waals surface area contributed by atoms with E-state index in [4.69, 9.17) is 9.47 Å². The average molecular weight is 428 g/mol.